The van der Waals surface area contributed by atoms with E-state index in [0.29, 0.717) is 5.95 Å². The Morgan fingerprint density at radius 3 is 1.18 bits per heavy atom. The number of fused-ring (bicyclic) bond motifs is 20. The molecule has 0 spiro atoms. The Morgan fingerprint density at radius 2 is 0.652 bits per heavy atom. The van der Waals surface area contributed by atoms with Crippen LogP contribution in [0.15, 0.2) is 481 Å². The zero-order chi connectivity index (χ0) is 89.0. The zero-order valence-electron chi connectivity index (χ0n) is 72.7. The van der Waals surface area contributed by atoms with Gasteiger partial charge in [-0.15, -0.1) is 0 Å². The van der Waals surface area contributed by atoms with E-state index in [1.165, 1.54) is 0 Å². The molecule has 0 unspecified atom stereocenters. The van der Waals surface area contributed by atoms with E-state index in [9.17, 15) is 0 Å². The van der Waals surface area contributed by atoms with Gasteiger partial charge in [-0.1, -0.05) is 334 Å². The van der Waals surface area contributed by atoms with E-state index in [1.54, 1.807) is 0 Å². The Bertz CT molecular complexity index is 9470. The largest absolute Gasteiger partial charge is 0.455 e. The second-order valence-corrected chi connectivity index (χ2v) is 34.0. The Hall–Kier alpha value is -18.4. The number of hydrogen-bond acceptors (Lipinski definition) is 8. The van der Waals surface area contributed by atoms with Crippen LogP contribution in [-0.2, 0) is 0 Å². The topological polar surface area (TPSA) is 123 Å². The highest BCUT2D eigenvalue weighted by molar-refractivity contribution is 6.26. The van der Waals surface area contributed by atoms with Gasteiger partial charge in [0.05, 0.1) is 77.2 Å². The van der Waals surface area contributed by atoms with Crippen LogP contribution in [0.2, 0.25) is 0 Å². The van der Waals surface area contributed by atoms with Gasteiger partial charge in [-0.2, -0.15) is 0 Å². The number of imidazole rings is 1. The molecule has 0 aliphatic heterocycles. The molecule has 0 saturated carbocycles. The van der Waals surface area contributed by atoms with Gasteiger partial charge in [-0.25, -0.2) is 15.0 Å². The average molecular weight is 1730 g/mol. The lowest BCUT2D eigenvalue weighted by Crippen LogP contribution is -2.00. The summed E-state index contributed by atoms with van der Waals surface area (Å²) in [5.74, 6) is 3.29. The molecular weight excluding hydrogens is 1650 g/mol. The normalized spacial score (nSPS) is 11.7. The lowest BCUT2D eigenvalue weighted by Gasteiger charge is -2.11. The van der Waals surface area contributed by atoms with Crippen molar-refractivity contribution in [1.29, 1.82) is 0 Å². The first kappa shape index (κ1) is 77.7. The molecule has 28 aromatic rings. The molecule has 11 aromatic heterocycles. The van der Waals surface area contributed by atoms with Crippen LogP contribution in [0.1, 0.15) is 0 Å². The number of aromatic nitrogens is 9. The minimum atomic E-state index is 0.646. The van der Waals surface area contributed by atoms with Crippen molar-refractivity contribution in [2.24, 2.45) is 0 Å². The molecule has 0 amide bonds. The third kappa shape index (κ3) is 13.1. The van der Waals surface area contributed by atoms with E-state index in [4.69, 9.17) is 33.2 Å². The minimum Gasteiger partial charge on any atom is -0.455 e. The summed E-state index contributed by atoms with van der Waals surface area (Å²) in [6.07, 6.45) is 7.77. The van der Waals surface area contributed by atoms with E-state index in [1.807, 2.05) is 85.3 Å². The fourth-order valence-electron chi connectivity index (χ4n) is 20.3. The predicted molar refractivity (Wildman–Crippen MR) is 553 cm³/mol. The quantitative estimate of drug-likeness (QED) is 0.111. The molecule has 0 aliphatic rings. The summed E-state index contributed by atoms with van der Waals surface area (Å²) >= 11 is 0. The highest BCUT2D eigenvalue weighted by atomic mass is 16.3. The molecular formula is C123H77N9O3. The van der Waals surface area contributed by atoms with Crippen LogP contribution < -0.4 is 0 Å². The third-order valence-electron chi connectivity index (χ3n) is 26.3. The summed E-state index contributed by atoms with van der Waals surface area (Å²) in [5.41, 5.74) is 31.4. The molecule has 0 radical (unpaired) electrons. The van der Waals surface area contributed by atoms with Crippen molar-refractivity contribution in [3.63, 3.8) is 0 Å². The minimum absolute atomic E-state index is 0.646. The van der Waals surface area contributed by atoms with Gasteiger partial charge >= 0.3 is 0 Å². The molecule has 0 bridgehead atoms. The van der Waals surface area contributed by atoms with Crippen molar-refractivity contribution in [3.05, 3.63) is 468 Å². The molecule has 11 heterocycles. The van der Waals surface area contributed by atoms with Crippen LogP contribution in [0.5, 0.6) is 0 Å². The van der Waals surface area contributed by atoms with Crippen molar-refractivity contribution >= 4 is 137 Å². The first-order valence-corrected chi connectivity index (χ1v) is 45.4. The van der Waals surface area contributed by atoms with Crippen LogP contribution in [-0.4, -0.2) is 43.0 Å². The van der Waals surface area contributed by atoms with Crippen molar-refractivity contribution in [2.75, 3.05) is 0 Å². The zero-order valence-corrected chi connectivity index (χ0v) is 72.7. The fraction of sp³-hybridized carbons (Fsp3) is 0. The van der Waals surface area contributed by atoms with E-state index in [-0.39, 0.29) is 0 Å². The SMILES string of the molecule is c1ccc(-c2oc3c(ccc4c3c3ccccc3n4-c3ccc(-c4nc5ccccn5c4-c4ccccc4)cc3)c2-c2ccccc2)cc1.c1ccc(-c2oc3c(ccc4c3c3ccccc3n4-c3cccc(-c4cnc5c(ccc6cccnc65)c4)c3)c2-c2ccccc2)cc1.c1ccc(-c2oc3c(ccc4c3c3ccccc3n4-c3ncc4ccccc4n3)c2-c2ccccc2)cc1. The van der Waals surface area contributed by atoms with Gasteiger partial charge in [-0.05, 0) is 131 Å². The van der Waals surface area contributed by atoms with Crippen LogP contribution in [0.3, 0.4) is 0 Å². The Balaban J connectivity index is 0.000000106. The van der Waals surface area contributed by atoms with Crippen molar-refractivity contribution in [2.45, 2.75) is 0 Å². The second-order valence-electron chi connectivity index (χ2n) is 34.0. The van der Waals surface area contributed by atoms with E-state index >= 15 is 0 Å². The summed E-state index contributed by atoms with van der Waals surface area (Å²) < 4.78 is 29.7. The molecule has 12 nitrogen and oxygen atoms in total. The maximum atomic E-state index is 6.95. The molecule has 0 fully saturated rings. The van der Waals surface area contributed by atoms with Crippen LogP contribution in [0, 0.1) is 0 Å². The molecule has 0 N–H and O–H groups in total. The van der Waals surface area contributed by atoms with Crippen molar-refractivity contribution in [1.82, 2.24) is 43.0 Å². The van der Waals surface area contributed by atoms with Crippen molar-refractivity contribution in [3.8, 4) is 118 Å². The second kappa shape index (κ2) is 32.4. The van der Waals surface area contributed by atoms with Gasteiger partial charge in [0.15, 0.2) is 0 Å². The maximum absolute atomic E-state index is 6.95. The van der Waals surface area contributed by atoms with Gasteiger partial charge in [0.1, 0.15) is 39.7 Å². The lowest BCUT2D eigenvalue weighted by molar-refractivity contribution is 0.635. The highest BCUT2D eigenvalue weighted by Crippen LogP contribution is 2.51. The van der Waals surface area contributed by atoms with Gasteiger partial charge in [0.2, 0.25) is 5.95 Å². The number of pyridine rings is 3. The monoisotopic (exact) mass is 1730 g/mol. The first-order chi connectivity index (χ1) is 67.0. The average Bonchev–Trinajstić information content (AvgIpc) is 1.56. The molecule has 28 rings (SSSR count). The first-order valence-electron chi connectivity index (χ1n) is 45.4. The number of rotatable bonds is 12. The summed E-state index contributed by atoms with van der Waals surface area (Å²) in [6, 6.07) is 154. The number of para-hydroxylation sites is 4. The Kier molecular flexibility index (Phi) is 18.6. The van der Waals surface area contributed by atoms with Crippen LogP contribution in [0.25, 0.3) is 255 Å². The molecule has 17 aromatic carbocycles. The molecule has 0 aliphatic carbocycles. The predicted octanol–water partition coefficient (Wildman–Crippen LogP) is 32.3. The van der Waals surface area contributed by atoms with Gasteiger partial charge in [0.25, 0.3) is 0 Å². The molecule has 0 saturated heterocycles. The summed E-state index contributed by atoms with van der Waals surface area (Å²) in [7, 11) is 0. The standard InChI is InChI=1S/C45H29N3O.C44H27N3O.C34H21N3O/c1-4-14-30(15-5-1)40-36-27-28-38-41(45(36)49-44(40)33-18-8-3-9-19-33)35-20-10-11-21-37(35)48(38)34-25-23-31(24-26-34)42-43(32-16-6-2-7-17-32)47-29-13-12-22-39(47)46-42;1-3-11-28(12-4-1)39-36-22-23-38-40(44(36)48-43(39)30-13-5-2-6-14-30)35-18-7-8-19-37(35)47(38)34-17-9-15-31(26-34)33-25-32-21-20-29-16-10-24-45-41(29)42(32)46-27-33;1-3-11-22(12-4-1)30-26-19-20-29-31(33(26)38-32(30)23-13-5-2-6-14-23)25-16-8-10-18-28(25)37(29)34-35-21-24-15-7-9-17-27(24)36-34/h1-29H;1-27H;1-21H. The van der Waals surface area contributed by atoms with Gasteiger partial charge < -0.3 is 22.4 Å². The summed E-state index contributed by atoms with van der Waals surface area (Å²) in [6.45, 7) is 0. The number of furan rings is 3. The lowest BCUT2D eigenvalue weighted by atomic mass is 9.98. The Morgan fingerprint density at radius 1 is 0.230 bits per heavy atom. The molecule has 135 heavy (non-hydrogen) atoms. The molecule has 12 heteroatoms. The van der Waals surface area contributed by atoms with Crippen molar-refractivity contribution < 1.29 is 13.3 Å². The molecule has 0 atom stereocenters. The number of hydrogen-bond donors (Lipinski definition) is 0. The molecule has 632 valence electrons. The van der Waals surface area contributed by atoms with E-state index in [0.717, 1.165) is 249 Å². The number of nitrogens with zero attached hydrogens (tertiary/aromatic N) is 9. The smallest absolute Gasteiger partial charge is 0.235 e. The number of benzene rings is 17. The summed E-state index contributed by atoms with van der Waals surface area (Å²) in [4.78, 5) is 24.3. The van der Waals surface area contributed by atoms with Gasteiger partial charge in [-0.3, -0.25) is 18.9 Å². The maximum Gasteiger partial charge on any atom is 0.235 e. The fourth-order valence-corrected chi connectivity index (χ4v) is 20.3. The van der Waals surface area contributed by atoms with E-state index < -0.39 is 0 Å². The van der Waals surface area contributed by atoms with Crippen LogP contribution in [0.4, 0.5) is 0 Å². The van der Waals surface area contributed by atoms with Gasteiger partial charge in [0, 0.05) is 135 Å². The third-order valence-corrected chi connectivity index (χ3v) is 26.3. The van der Waals surface area contributed by atoms with E-state index in [2.05, 4.69) is 405 Å². The Labute approximate surface area is 773 Å². The summed E-state index contributed by atoms with van der Waals surface area (Å²) in [5, 5.41) is 13.2. The highest BCUT2D eigenvalue weighted by Gasteiger charge is 2.29. The van der Waals surface area contributed by atoms with Crippen LogP contribution >= 0.6 is 0 Å².